The van der Waals surface area contributed by atoms with E-state index in [1.165, 1.54) is 11.1 Å². The van der Waals surface area contributed by atoms with Crippen molar-refractivity contribution in [3.8, 4) is 0 Å². The summed E-state index contributed by atoms with van der Waals surface area (Å²) in [6, 6.07) is 18.9. The third kappa shape index (κ3) is 3.17. The van der Waals surface area contributed by atoms with E-state index in [1.807, 2.05) is 12.1 Å². The second-order valence-electron chi connectivity index (χ2n) is 8.18. The van der Waals surface area contributed by atoms with Gasteiger partial charge in [-0.05, 0) is 29.0 Å². The Bertz CT molecular complexity index is 1100. The Morgan fingerprint density at radius 1 is 0.621 bits per heavy atom. The lowest BCUT2D eigenvalue weighted by Crippen LogP contribution is -2.22. The van der Waals surface area contributed by atoms with Crippen LogP contribution in [0.1, 0.15) is 82.5 Å². The first-order valence-corrected chi connectivity index (χ1v) is 10.1. The van der Waals surface area contributed by atoms with Crippen molar-refractivity contribution in [2.45, 2.75) is 39.5 Å². The topological polar surface area (TPSA) is 46.2 Å². The molecule has 3 aromatic rings. The molecule has 0 aliphatic heterocycles. The van der Waals surface area contributed by atoms with Crippen LogP contribution in [0.5, 0.6) is 0 Å². The van der Waals surface area contributed by atoms with E-state index in [9.17, 15) is 9.59 Å². The highest BCUT2D eigenvalue weighted by Gasteiger charge is 2.31. The largest absolute Gasteiger partial charge is 0.354 e. The molecule has 0 radical (unpaired) electrons. The quantitative estimate of drug-likeness (QED) is 0.440. The fraction of sp³-hybridized carbons (Fsp3) is 0.231. The summed E-state index contributed by atoms with van der Waals surface area (Å²) in [5, 5.41) is 3.54. The molecule has 0 saturated carbocycles. The van der Waals surface area contributed by atoms with Gasteiger partial charge in [0.25, 0.3) is 0 Å². The van der Waals surface area contributed by atoms with Crippen molar-refractivity contribution in [2.24, 2.45) is 0 Å². The van der Waals surface area contributed by atoms with Crippen molar-refractivity contribution in [1.82, 2.24) is 0 Å². The van der Waals surface area contributed by atoms with Crippen molar-refractivity contribution in [3.63, 3.8) is 0 Å². The van der Waals surface area contributed by atoms with Crippen molar-refractivity contribution in [3.05, 3.63) is 94.0 Å². The Kier molecular flexibility index (Phi) is 4.83. The number of carbonyl (C=O) groups is 2. The first-order chi connectivity index (χ1) is 13.9. The first kappa shape index (κ1) is 19.1. The van der Waals surface area contributed by atoms with E-state index in [0.717, 1.165) is 5.69 Å². The first-order valence-electron chi connectivity index (χ1n) is 10.1. The average Bonchev–Trinajstić information content (AvgIpc) is 2.71. The zero-order valence-corrected chi connectivity index (χ0v) is 17.2. The SMILES string of the molecule is CC(C)c1cccc(C(C)C)c1Nc1cccc2c1C(=O)c1ccccc1C2=O. The maximum atomic E-state index is 13.3. The second kappa shape index (κ2) is 7.32. The highest BCUT2D eigenvalue weighted by molar-refractivity contribution is 6.30. The predicted octanol–water partition coefficient (Wildman–Crippen LogP) is 6.45. The lowest BCUT2D eigenvalue weighted by Gasteiger charge is -2.24. The summed E-state index contributed by atoms with van der Waals surface area (Å²) in [6.45, 7) is 8.65. The molecule has 1 aliphatic carbocycles. The van der Waals surface area contributed by atoms with E-state index in [1.54, 1.807) is 30.3 Å². The highest BCUT2D eigenvalue weighted by Crippen LogP contribution is 2.38. The molecule has 3 heteroatoms. The minimum absolute atomic E-state index is 0.0972. The van der Waals surface area contributed by atoms with E-state index >= 15 is 0 Å². The molecule has 3 nitrogen and oxygen atoms in total. The van der Waals surface area contributed by atoms with E-state index in [2.05, 4.69) is 51.2 Å². The maximum Gasteiger partial charge on any atom is 0.196 e. The molecule has 0 saturated heterocycles. The number of para-hydroxylation sites is 1. The van der Waals surface area contributed by atoms with E-state index in [0.29, 0.717) is 39.8 Å². The van der Waals surface area contributed by atoms with Crippen LogP contribution in [0.2, 0.25) is 0 Å². The van der Waals surface area contributed by atoms with Gasteiger partial charge in [0.1, 0.15) is 0 Å². The van der Waals surface area contributed by atoms with Gasteiger partial charge in [-0.25, -0.2) is 0 Å². The monoisotopic (exact) mass is 383 g/mol. The van der Waals surface area contributed by atoms with Crippen LogP contribution in [0.25, 0.3) is 0 Å². The molecule has 29 heavy (non-hydrogen) atoms. The summed E-state index contributed by atoms with van der Waals surface area (Å²) in [6.07, 6.45) is 0. The summed E-state index contributed by atoms with van der Waals surface area (Å²) in [4.78, 5) is 26.3. The van der Waals surface area contributed by atoms with Gasteiger partial charge in [-0.1, -0.05) is 82.3 Å². The van der Waals surface area contributed by atoms with Gasteiger partial charge < -0.3 is 5.32 Å². The minimum atomic E-state index is -0.105. The van der Waals surface area contributed by atoms with Gasteiger partial charge in [-0.15, -0.1) is 0 Å². The van der Waals surface area contributed by atoms with Crippen LogP contribution in [0.15, 0.2) is 60.7 Å². The van der Waals surface area contributed by atoms with Crippen LogP contribution < -0.4 is 5.32 Å². The number of benzene rings is 3. The molecule has 1 N–H and O–H groups in total. The van der Waals surface area contributed by atoms with Crippen LogP contribution >= 0.6 is 0 Å². The van der Waals surface area contributed by atoms with Crippen molar-refractivity contribution >= 4 is 22.9 Å². The highest BCUT2D eigenvalue weighted by atomic mass is 16.1. The predicted molar refractivity (Wildman–Crippen MR) is 118 cm³/mol. The molecule has 0 bridgehead atoms. The number of carbonyl (C=O) groups excluding carboxylic acids is 2. The Morgan fingerprint density at radius 3 is 1.72 bits per heavy atom. The lowest BCUT2D eigenvalue weighted by molar-refractivity contribution is 0.0979. The average molecular weight is 383 g/mol. The summed E-state index contributed by atoms with van der Waals surface area (Å²) in [5.74, 6) is 0.453. The van der Waals surface area contributed by atoms with Gasteiger partial charge in [0, 0.05) is 22.4 Å². The Hall–Kier alpha value is -3.20. The van der Waals surface area contributed by atoms with Gasteiger partial charge in [-0.2, -0.15) is 0 Å². The van der Waals surface area contributed by atoms with Crippen molar-refractivity contribution in [1.29, 1.82) is 0 Å². The molecule has 4 rings (SSSR count). The molecule has 0 aromatic heterocycles. The Morgan fingerprint density at radius 2 is 1.14 bits per heavy atom. The van der Waals surface area contributed by atoms with Crippen LogP contribution in [0.4, 0.5) is 11.4 Å². The Labute approximate surface area is 171 Å². The van der Waals surface area contributed by atoms with Crippen LogP contribution in [0.3, 0.4) is 0 Å². The van der Waals surface area contributed by atoms with Gasteiger partial charge in [-0.3, -0.25) is 9.59 Å². The molecule has 0 amide bonds. The lowest BCUT2D eigenvalue weighted by atomic mass is 9.83. The number of nitrogens with one attached hydrogen (secondary N) is 1. The number of rotatable bonds is 4. The second-order valence-corrected chi connectivity index (χ2v) is 8.18. The third-order valence-corrected chi connectivity index (χ3v) is 5.59. The van der Waals surface area contributed by atoms with Gasteiger partial charge in [0.2, 0.25) is 0 Å². The molecule has 146 valence electrons. The molecule has 0 heterocycles. The standard InChI is InChI=1S/C26H25NO2/c1-15(2)17-11-7-12-18(16(3)4)24(17)27-22-14-8-13-21-23(22)26(29)20-10-6-5-9-19(20)25(21)28/h5-16,27H,1-4H3. The van der Waals surface area contributed by atoms with Crippen molar-refractivity contribution < 1.29 is 9.59 Å². The molecular formula is C26H25NO2. The number of anilines is 2. The summed E-state index contributed by atoms with van der Waals surface area (Å²) in [7, 11) is 0. The summed E-state index contributed by atoms with van der Waals surface area (Å²) < 4.78 is 0. The van der Waals surface area contributed by atoms with E-state index < -0.39 is 0 Å². The van der Waals surface area contributed by atoms with Gasteiger partial charge in [0.15, 0.2) is 11.6 Å². The summed E-state index contributed by atoms with van der Waals surface area (Å²) >= 11 is 0. The normalized spacial score (nSPS) is 12.9. The number of hydrogen-bond acceptors (Lipinski definition) is 3. The maximum absolute atomic E-state index is 13.3. The number of ketones is 2. The third-order valence-electron chi connectivity index (χ3n) is 5.59. The summed E-state index contributed by atoms with van der Waals surface area (Å²) in [5.41, 5.74) is 5.99. The fourth-order valence-electron chi connectivity index (χ4n) is 4.08. The Balaban J connectivity index is 1.89. The van der Waals surface area contributed by atoms with Crippen molar-refractivity contribution in [2.75, 3.05) is 5.32 Å². The zero-order chi connectivity index (χ0) is 20.7. The van der Waals surface area contributed by atoms with E-state index in [-0.39, 0.29) is 11.6 Å². The van der Waals surface area contributed by atoms with Crippen LogP contribution in [-0.4, -0.2) is 11.6 Å². The van der Waals surface area contributed by atoms with Crippen LogP contribution in [-0.2, 0) is 0 Å². The van der Waals surface area contributed by atoms with Gasteiger partial charge >= 0.3 is 0 Å². The molecule has 3 aromatic carbocycles. The number of fused-ring (bicyclic) bond motifs is 2. The zero-order valence-electron chi connectivity index (χ0n) is 17.2. The molecule has 0 fully saturated rings. The molecule has 1 aliphatic rings. The molecular weight excluding hydrogens is 358 g/mol. The fourth-order valence-corrected chi connectivity index (χ4v) is 4.08. The van der Waals surface area contributed by atoms with E-state index in [4.69, 9.17) is 0 Å². The van der Waals surface area contributed by atoms with Gasteiger partial charge in [0.05, 0.1) is 11.3 Å². The van der Waals surface area contributed by atoms with Crippen LogP contribution in [0, 0.1) is 0 Å². The molecule has 0 atom stereocenters. The minimum Gasteiger partial charge on any atom is -0.354 e. The number of hydrogen-bond donors (Lipinski definition) is 1. The molecule has 0 spiro atoms. The smallest absolute Gasteiger partial charge is 0.196 e. The molecule has 0 unspecified atom stereocenters.